The number of hydrogen-bond donors (Lipinski definition) is 2. The molecule has 2 N–H and O–H groups in total. The number of carbonyl (C=O) groups is 1. The Labute approximate surface area is 210 Å². The molecule has 0 aliphatic carbocycles. The van der Waals surface area contributed by atoms with Crippen LogP contribution in [0.3, 0.4) is 0 Å². The SMILES string of the molecule is CN=C(NCCc1nc(-c2ccc(Cl)cc2)no1)N1CCC(NC(=O)OC(C)(C)C)C1.I. The van der Waals surface area contributed by atoms with Crippen molar-refractivity contribution in [1.82, 2.24) is 25.7 Å². The van der Waals surface area contributed by atoms with E-state index in [4.69, 9.17) is 20.9 Å². The van der Waals surface area contributed by atoms with E-state index in [9.17, 15) is 4.79 Å². The van der Waals surface area contributed by atoms with Crippen LogP contribution in [0.5, 0.6) is 0 Å². The summed E-state index contributed by atoms with van der Waals surface area (Å²) < 4.78 is 10.7. The number of guanidine groups is 1. The lowest BCUT2D eigenvalue weighted by Gasteiger charge is -2.23. The van der Waals surface area contributed by atoms with E-state index in [0.29, 0.717) is 36.2 Å². The number of hydrogen-bond acceptors (Lipinski definition) is 6. The van der Waals surface area contributed by atoms with E-state index < -0.39 is 11.7 Å². The maximum atomic E-state index is 12.0. The first-order chi connectivity index (χ1) is 14.7. The predicted molar refractivity (Wildman–Crippen MR) is 135 cm³/mol. The predicted octanol–water partition coefficient (Wildman–Crippen LogP) is 3.72. The lowest BCUT2D eigenvalue weighted by Crippen LogP contribution is -2.44. The second-order valence-electron chi connectivity index (χ2n) is 8.32. The molecule has 11 heteroatoms. The largest absolute Gasteiger partial charge is 0.444 e. The Morgan fingerprint density at radius 1 is 1.34 bits per heavy atom. The zero-order chi connectivity index (χ0) is 22.4. The number of likely N-dealkylation sites (tertiary alicyclic amines) is 1. The molecular weight excluding hydrogens is 547 g/mol. The Morgan fingerprint density at radius 3 is 2.72 bits per heavy atom. The monoisotopic (exact) mass is 576 g/mol. The molecular formula is C21H30ClIN6O3. The van der Waals surface area contributed by atoms with Crippen LogP contribution in [0.25, 0.3) is 11.4 Å². The van der Waals surface area contributed by atoms with Crippen molar-refractivity contribution in [2.45, 2.75) is 45.3 Å². The van der Waals surface area contributed by atoms with Crippen LogP contribution in [-0.2, 0) is 11.2 Å². The van der Waals surface area contributed by atoms with Crippen molar-refractivity contribution >= 4 is 47.6 Å². The van der Waals surface area contributed by atoms with Gasteiger partial charge in [0.05, 0.1) is 6.04 Å². The van der Waals surface area contributed by atoms with Gasteiger partial charge in [-0.2, -0.15) is 4.98 Å². The van der Waals surface area contributed by atoms with Crippen LogP contribution in [0, 0.1) is 0 Å². The van der Waals surface area contributed by atoms with Gasteiger partial charge in [-0.15, -0.1) is 24.0 Å². The molecule has 1 saturated heterocycles. The molecule has 2 heterocycles. The van der Waals surface area contributed by atoms with Crippen molar-refractivity contribution in [1.29, 1.82) is 0 Å². The van der Waals surface area contributed by atoms with Crippen molar-refractivity contribution in [3.8, 4) is 11.4 Å². The number of carbonyl (C=O) groups excluding carboxylic acids is 1. The van der Waals surface area contributed by atoms with Crippen LogP contribution in [0.2, 0.25) is 5.02 Å². The van der Waals surface area contributed by atoms with Crippen molar-refractivity contribution < 1.29 is 14.1 Å². The van der Waals surface area contributed by atoms with Gasteiger partial charge in [0.2, 0.25) is 11.7 Å². The zero-order valence-corrected chi connectivity index (χ0v) is 21.8. The fourth-order valence-corrected chi connectivity index (χ4v) is 3.36. The van der Waals surface area contributed by atoms with Crippen molar-refractivity contribution in [2.24, 2.45) is 4.99 Å². The molecule has 1 atom stereocenters. The summed E-state index contributed by atoms with van der Waals surface area (Å²) in [6.45, 7) is 7.60. The van der Waals surface area contributed by atoms with E-state index in [0.717, 1.165) is 24.5 Å². The molecule has 1 aromatic carbocycles. The molecule has 9 nitrogen and oxygen atoms in total. The van der Waals surface area contributed by atoms with Gasteiger partial charge in [0.1, 0.15) is 5.60 Å². The second kappa shape index (κ2) is 11.7. The second-order valence-corrected chi connectivity index (χ2v) is 8.76. The zero-order valence-electron chi connectivity index (χ0n) is 18.7. The lowest BCUT2D eigenvalue weighted by atomic mass is 10.2. The molecule has 1 fully saturated rings. The lowest BCUT2D eigenvalue weighted by molar-refractivity contribution is 0.0507. The highest BCUT2D eigenvalue weighted by Gasteiger charge is 2.27. The number of halogens is 2. The van der Waals surface area contributed by atoms with Crippen molar-refractivity contribution in [2.75, 3.05) is 26.7 Å². The number of ether oxygens (including phenoxy) is 1. The van der Waals surface area contributed by atoms with E-state index in [-0.39, 0.29) is 30.0 Å². The Kier molecular flexibility index (Phi) is 9.56. The maximum Gasteiger partial charge on any atom is 0.407 e. The molecule has 1 aliphatic heterocycles. The summed E-state index contributed by atoms with van der Waals surface area (Å²) in [6.07, 6.45) is 0.997. The van der Waals surface area contributed by atoms with Gasteiger partial charge in [0.15, 0.2) is 5.96 Å². The number of amides is 1. The number of rotatable bonds is 5. The molecule has 1 amide bonds. The number of benzene rings is 1. The van der Waals surface area contributed by atoms with Gasteiger partial charge in [-0.25, -0.2) is 4.79 Å². The first-order valence-electron chi connectivity index (χ1n) is 10.3. The molecule has 0 bridgehead atoms. The molecule has 176 valence electrons. The summed E-state index contributed by atoms with van der Waals surface area (Å²) in [5, 5.41) is 10.9. The molecule has 3 rings (SSSR count). The normalized spacial score (nSPS) is 16.5. The van der Waals surface area contributed by atoms with Crippen molar-refractivity contribution in [3.63, 3.8) is 0 Å². The Morgan fingerprint density at radius 2 is 2.06 bits per heavy atom. The summed E-state index contributed by atoms with van der Waals surface area (Å²) >= 11 is 5.91. The van der Waals surface area contributed by atoms with Crippen molar-refractivity contribution in [3.05, 3.63) is 35.2 Å². The summed E-state index contributed by atoms with van der Waals surface area (Å²) in [5.41, 5.74) is 0.339. The van der Waals surface area contributed by atoms with Gasteiger partial charge in [-0.3, -0.25) is 4.99 Å². The summed E-state index contributed by atoms with van der Waals surface area (Å²) in [5.74, 6) is 1.84. The third-order valence-corrected chi connectivity index (χ3v) is 4.86. The summed E-state index contributed by atoms with van der Waals surface area (Å²) in [4.78, 5) is 22.9. The highest BCUT2D eigenvalue weighted by atomic mass is 127. The van der Waals surface area contributed by atoms with Crippen LogP contribution >= 0.6 is 35.6 Å². The number of nitrogens with one attached hydrogen (secondary N) is 2. The van der Waals surface area contributed by atoms with Gasteiger partial charge in [-0.1, -0.05) is 16.8 Å². The maximum absolute atomic E-state index is 12.0. The fraction of sp³-hybridized carbons (Fsp3) is 0.524. The van der Waals surface area contributed by atoms with Crippen LogP contribution < -0.4 is 10.6 Å². The number of aliphatic imine (C=N–C) groups is 1. The van der Waals surface area contributed by atoms with Crippen LogP contribution in [-0.4, -0.2) is 65.4 Å². The fourth-order valence-electron chi connectivity index (χ4n) is 3.23. The number of aromatic nitrogens is 2. The standard InChI is InChI=1S/C21H29ClN6O3.HI/c1-21(2,3)30-20(29)25-16-10-12-28(13-16)19(23-4)24-11-9-17-26-18(27-31-17)14-5-7-15(22)8-6-14;/h5-8,16H,9-13H2,1-4H3,(H,23,24)(H,25,29);1H. The van der Waals surface area contributed by atoms with E-state index in [1.165, 1.54) is 0 Å². The van der Waals surface area contributed by atoms with Gasteiger partial charge in [0, 0.05) is 43.7 Å². The van der Waals surface area contributed by atoms with E-state index in [2.05, 4.69) is 30.7 Å². The third kappa shape index (κ3) is 7.80. The van der Waals surface area contributed by atoms with E-state index >= 15 is 0 Å². The first-order valence-corrected chi connectivity index (χ1v) is 10.6. The molecule has 32 heavy (non-hydrogen) atoms. The Hall–Kier alpha value is -2.08. The highest BCUT2D eigenvalue weighted by molar-refractivity contribution is 14.0. The number of nitrogens with zero attached hydrogens (tertiary/aromatic N) is 4. The molecule has 0 spiro atoms. The Bertz CT molecular complexity index is 913. The molecule has 0 saturated carbocycles. The molecule has 0 radical (unpaired) electrons. The average Bonchev–Trinajstić information content (AvgIpc) is 3.34. The smallest absolute Gasteiger partial charge is 0.407 e. The average molecular weight is 577 g/mol. The highest BCUT2D eigenvalue weighted by Crippen LogP contribution is 2.18. The van der Waals surface area contributed by atoms with E-state index in [1.807, 2.05) is 32.9 Å². The van der Waals surface area contributed by atoms with Crippen LogP contribution in [0.15, 0.2) is 33.8 Å². The van der Waals surface area contributed by atoms with Crippen LogP contribution in [0.4, 0.5) is 4.79 Å². The van der Waals surface area contributed by atoms with E-state index in [1.54, 1.807) is 19.2 Å². The minimum Gasteiger partial charge on any atom is -0.444 e. The summed E-state index contributed by atoms with van der Waals surface area (Å²) in [7, 11) is 1.74. The quantitative estimate of drug-likeness (QED) is 0.318. The molecule has 2 aromatic rings. The van der Waals surface area contributed by atoms with Gasteiger partial charge < -0.3 is 24.8 Å². The minimum absolute atomic E-state index is 0. The Balaban J connectivity index is 0.00000363. The number of alkyl carbamates (subject to hydrolysis) is 1. The molecule has 1 aromatic heterocycles. The molecule has 1 unspecified atom stereocenters. The van der Waals surface area contributed by atoms with Gasteiger partial charge >= 0.3 is 6.09 Å². The minimum atomic E-state index is -0.512. The van der Waals surface area contributed by atoms with Gasteiger partial charge in [-0.05, 0) is 51.5 Å². The van der Waals surface area contributed by atoms with Crippen LogP contribution in [0.1, 0.15) is 33.1 Å². The first kappa shape index (κ1) is 26.2. The third-order valence-electron chi connectivity index (χ3n) is 4.61. The summed E-state index contributed by atoms with van der Waals surface area (Å²) in [6, 6.07) is 7.31. The van der Waals surface area contributed by atoms with Gasteiger partial charge in [0.25, 0.3) is 0 Å². The topological polar surface area (TPSA) is 105 Å². The molecule has 1 aliphatic rings.